The van der Waals surface area contributed by atoms with Gasteiger partial charge in [-0.15, -0.1) is 0 Å². The molecular weight excluding hydrogens is 236 g/mol. The molecule has 1 aromatic carbocycles. The summed E-state index contributed by atoms with van der Waals surface area (Å²) in [6.45, 7) is 5.13. The first-order valence-corrected chi connectivity index (χ1v) is 5.41. The maximum Gasteiger partial charge on any atom is 0.514 e. The fourth-order valence-electron chi connectivity index (χ4n) is 1.12. The first-order chi connectivity index (χ1) is 8.31. The number of carbonyl (C=O) groups is 1. The zero-order valence-electron chi connectivity index (χ0n) is 10.9. The van der Waals surface area contributed by atoms with Crippen molar-refractivity contribution < 1.29 is 19.0 Å². The maximum absolute atomic E-state index is 11.6. The van der Waals surface area contributed by atoms with E-state index in [-0.39, 0.29) is 5.75 Å². The van der Waals surface area contributed by atoms with Crippen molar-refractivity contribution in [3.8, 4) is 11.5 Å². The molecule has 0 amide bonds. The Bertz CT molecular complexity index is 487. The molecular formula is C13H16O5. The summed E-state index contributed by atoms with van der Waals surface area (Å²) in [7, 11) is 1.48. The minimum Gasteiger partial charge on any atom is -0.497 e. The molecule has 1 rings (SSSR count). The van der Waals surface area contributed by atoms with Gasteiger partial charge < -0.3 is 14.2 Å². The van der Waals surface area contributed by atoms with Crippen LogP contribution < -0.4 is 14.9 Å². The normalized spacial score (nSPS) is 10.7. The monoisotopic (exact) mass is 252 g/mol. The Morgan fingerprint density at radius 1 is 1.11 bits per heavy atom. The van der Waals surface area contributed by atoms with Gasteiger partial charge >= 0.3 is 6.16 Å². The molecule has 1 aromatic rings. The van der Waals surface area contributed by atoms with E-state index < -0.39 is 17.2 Å². The van der Waals surface area contributed by atoms with E-state index in [0.29, 0.717) is 5.75 Å². The molecule has 0 aliphatic carbocycles. The second-order valence-electron chi connectivity index (χ2n) is 4.57. The van der Waals surface area contributed by atoms with Crippen LogP contribution >= 0.6 is 0 Å². The summed E-state index contributed by atoms with van der Waals surface area (Å²) in [6.07, 6.45) is -0.912. The number of rotatable bonds is 2. The van der Waals surface area contributed by atoms with Gasteiger partial charge in [-0.05, 0) is 45.0 Å². The molecule has 98 valence electrons. The molecule has 0 aromatic heterocycles. The van der Waals surface area contributed by atoms with Crippen LogP contribution in [0.1, 0.15) is 20.8 Å². The lowest BCUT2D eigenvalue weighted by atomic mass is 10.2. The third-order valence-corrected chi connectivity index (χ3v) is 1.86. The van der Waals surface area contributed by atoms with Crippen LogP contribution in [-0.4, -0.2) is 18.9 Å². The van der Waals surface area contributed by atoms with Gasteiger partial charge in [0.15, 0.2) is 5.75 Å². The highest BCUT2D eigenvalue weighted by Gasteiger charge is 2.18. The molecule has 0 atom stereocenters. The second-order valence-corrected chi connectivity index (χ2v) is 4.57. The summed E-state index contributed by atoms with van der Waals surface area (Å²) in [5, 5.41) is 0. The predicted octanol–water partition coefficient (Wildman–Crippen LogP) is 2.37. The fraction of sp³-hybridized carbons (Fsp3) is 0.385. The van der Waals surface area contributed by atoms with Crippen molar-refractivity contribution in [2.75, 3.05) is 7.11 Å². The molecule has 0 fully saturated rings. The first-order valence-electron chi connectivity index (χ1n) is 5.41. The molecule has 0 heterocycles. The van der Waals surface area contributed by atoms with Crippen molar-refractivity contribution in [3.05, 3.63) is 34.5 Å². The van der Waals surface area contributed by atoms with Crippen LogP contribution in [0, 0.1) is 0 Å². The van der Waals surface area contributed by atoms with Crippen LogP contribution in [-0.2, 0) is 4.74 Å². The molecule has 0 spiro atoms. The predicted molar refractivity (Wildman–Crippen MR) is 66.1 cm³/mol. The molecule has 0 N–H and O–H groups in total. The molecule has 0 radical (unpaired) electrons. The van der Waals surface area contributed by atoms with Gasteiger partial charge in [0, 0.05) is 0 Å². The number of carbonyl (C=O) groups excluding carboxylic acids is 1. The highest BCUT2D eigenvalue weighted by atomic mass is 16.7. The zero-order valence-corrected chi connectivity index (χ0v) is 10.9. The quantitative estimate of drug-likeness (QED) is 0.756. The number of ether oxygens (including phenoxy) is 3. The third-order valence-electron chi connectivity index (χ3n) is 1.86. The van der Waals surface area contributed by atoms with E-state index in [1.54, 1.807) is 20.8 Å². The van der Waals surface area contributed by atoms with E-state index >= 15 is 0 Å². The van der Waals surface area contributed by atoms with Crippen molar-refractivity contribution >= 4 is 6.16 Å². The standard InChI is InChI=1S/C13H16O5/c1-13(2,3)18-12(15)17-11-8-6-9(16-4)5-7-10(11)14/h5-8H,1-4H3. The van der Waals surface area contributed by atoms with Crippen molar-refractivity contribution in [3.63, 3.8) is 0 Å². The van der Waals surface area contributed by atoms with Gasteiger partial charge in [0.1, 0.15) is 11.4 Å². The fourth-order valence-corrected chi connectivity index (χ4v) is 1.12. The third kappa shape index (κ3) is 4.45. The van der Waals surface area contributed by atoms with Crippen molar-refractivity contribution in [2.45, 2.75) is 26.4 Å². The number of methoxy groups -OCH3 is 1. The SMILES string of the molecule is COc1ccc(OC(=O)OC(C)(C)C)c(=O)cc1. The number of hydrogen-bond acceptors (Lipinski definition) is 5. The average molecular weight is 252 g/mol. The van der Waals surface area contributed by atoms with Crippen LogP contribution in [0.2, 0.25) is 0 Å². The van der Waals surface area contributed by atoms with E-state index in [2.05, 4.69) is 0 Å². The van der Waals surface area contributed by atoms with Crippen LogP contribution in [0.5, 0.6) is 11.5 Å². The minimum absolute atomic E-state index is 0.104. The van der Waals surface area contributed by atoms with E-state index in [1.165, 1.54) is 31.4 Å². The van der Waals surface area contributed by atoms with Gasteiger partial charge in [-0.2, -0.15) is 0 Å². The van der Waals surface area contributed by atoms with E-state index in [4.69, 9.17) is 14.2 Å². The van der Waals surface area contributed by atoms with E-state index in [0.717, 1.165) is 0 Å². The lowest BCUT2D eigenvalue weighted by Gasteiger charge is -2.18. The zero-order chi connectivity index (χ0) is 13.8. The van der Waals surface area contributed by atoms with Gasteiger partial charge in [0.25, 0.3) is 0 Å². The number of hydrogen-bond donors (Lipinski definition) is 0. The van der Waals surface area contributed by atoms with Crippen LogP contribution in [0.25, 0.3) is 0 Å². The van der Waals surface area contributed by atoms with Gasteiger partial charge in [0.05, 0.1) is 7.11 Å². The molecule has 5 nitrogen and oxygen atoms in total. The lowest BCUT2D eigenvalue weighted by Crippen LogP contribution is -2.26. The molecule has 0 unspecified atom stereocenters. The maximum atomic E-state index is 11.6. The van der Waals surface area contributed by atoms with Crippen LogP contribution in [0.15, 0.2) is 29.1 Å². The molecule has 0 saturated heterocycles. The highest BCUT2D eigenvalue weighted by molar-refractivity contribution is 5.64. The molecule has 18 heavy (non-hydrogen) atoms. The Morgan fingerprint density at radius 2 is 1.72 bits per heavy atom. The summed E-state index contributed by atoms with van der Waals surface area (Å²) in [5.41, 5.74) is -1.10. The van der Waals surface area contributed by atoms with E-state index in [9.17, 15) is 9.59 Å². The molecule has 0 saturated carbocycles. The largest absolute Gasteiger partial charge is 0.514 e. The smallest absolute Gasteiger partial charge is 0.497 e. The Labute approximate surface area is 105 Å². The van der Waals surface area contributed by atoms with Gasteiger partial charge in [-0.1, -0.05) is 0 Å². The Hall–Kier alpha value is -2.04. The van der Waals surface area contributed by atoms with Gasteiger partial charge in [0.2, 0.25) is 5.43 Å². The Kier molecular flexibility index (Phi) is 4.31. The lowest BCUT2D eigenvalue weighted by molar-refractivity contribution is 0.0204. The van der Waals surface area contributed by atoms with Crippen molar-refractivity contribution in [2.24, 2.45) is 0 Å². The summed E-state index contributed by atoms with van der Waals surface area (Å²) < 4.78 is 14.8. The minimum atomic E-state index is -0.912. The summed E-state index contributed by atoms with van der Waals surface area (Å²) in [6, 6.07) is 5.65. The molecule has 0 bridgehead atoms. The first kappa shape index (κ1) is 14.0. The Balaban J connectivity index is 2.89. The molecule has 0 aliphatic heterocycles. The topological polar surface area (TPSA) is 61.8 Å². The van der Waals surface area contributed by atoms with Crippen LogP contribution in [0.3, 0.4) is 0 Å². The summed E-state index contributed by atoms with van der Waals surface area (Å²) in [4.78, 5) is 23.0. The van der Waals surface area contributed by atoms with Crippen LogP contribution in [0.4, 0.5) is 4.79 Å². The highest BCUT2D eigenvalue weighted by Crippen LogP contribution is 2.13. The van der Waals surface area contributed by atoms with Gasteiger partial charge in [-0.25, -0.2) is 4.79 Å². The molecule has 5 heteroatoms. The summed E-state index contributed by atoms with van der Waals surface area (Å²) in [5.74, 6) is 0.388. The van der Waals surface area contributed by atoms with Gasteiger partial charge in [-0.3, -0.25) is 4.79 Å². The molecule has 0 aliphatic rings. The van der Waals surface area contributed by atoms with E-state index in [1.807, 2.05) is 0 Å². The summed E-state index contributed by atoms with van der Waals surface area (Å²) >= 11 is 0. The average Bonchev–Trinajstić information content (AvgIpc) is 2.40. The second kappa shape index (κ2) is 5.53. The van der Waals surface area contributed by atoms with Crippen molar-refractivity contribution in [1.29, 1.82) is 0 Å². The Morgan fingerprint density at radius 3 is 2.28 bits per heavy atom. The van der Waals surface area contributed by atoms with Crippen molar-refractivity contribution in [1.82, 2.24) is 0 Å².